The third kappa shape index (κ3) is 6.65. The number of hydrogen-bond acceptors (Lipinski definition) is 8. The maximum Gasteiger partial charge on any atom is 0.326 e. The van der Waals surface area contributed by atoms with E-state index in [1.807, 2.05) is 6.07 Å². The second-order valence-corrected chi connectivity index (χ2v) is 10.3. The van der Waals surface area contributed by atoms with Gasteiger partial charge in [0.15, 0.2) is 11.5 Å². The van der Waals surface area contributed by atoms with E-state index < -0.39 is 29.3 Å². The number of rotatable bonds is 7. The fourth-order valence-corrected chi connectivity index (χ4v) is 4.57. The molecule has 0 aromatic heterocycles. The number of nitriles is 1. The Balaban J connectivity index is 1.79. The minimum atomic E-state index is -0.724. The number of nitrogens with zero attached hydrogens (tertiary/aromatic N) is 2. The number of carbonyl (C=O) groups is 3. The van der Waals surface area contributed by atoms with Crippen LogP contribution in [0.1, 0.15) is 37.5 Å². The summed E-state index contributed by atoms with van der Waals surface area (Å²) in [7, 11) is 1.48. The van der Waals surface area contributed by atoms with E-state index in [0.717, 1.165) is 22.2 Å². The SMILES string of the molecule is COc1cc(C=C2SC(=O)N(CC(=O)OC(C)(C)C)C2=O)cc(Br)c1OCc1ccccc1C#N. The molecule has 0 bridgehead atoms. The van der Waals surface area contributed by atoms with Crippen molar-refractivity contribution in [2.75, 3.05) is 13.7 Å². The molecule has 1 saturated heterocycles. The fraction of sp³-hybridized carbons (Fsp3) is 0.280. The summed E-state index contributed by atoms with van der Waals surface area (Å²) in [6.45, 7) is 4.82. The van der Waals surface area contributed by atoms with E-state index in [9.17, 15) is 19.6 Å². The lowest BCUT2D eigenvalue weighted by molar-refractivity contribution is -0.156. The number of methoxy groups -OCH3 is 1. The molecule has 3 rings (SSSR count). The van der Waals surface area contributed by atoms with Crippen molar-refractivity contribution in [3.8, 4) is 17.6 Å². The van der Waals surface area contributed by atoms with Gasteiger partial charge in [0.05, 0.1) is 28.1 Å². The summed E-state index contributed by atoms with van der Waals surface area (Å²) < 4.78 is 17.2. The van der Waals surface area contributed by atoms with Gasteiger partial charge in [-0.1, -0.05) is 18.2 Å². The average Bonchev–Trinajstić information content (AvgIpc) is 3.04. The zero-order chi connectivity index (χ0) is 25.8. The summed E-state index contributed by atoms with van der Waals surface area (Å²) >= 11 is 4.21. The minimum Gasteiger partial charge on any atom is -0.493 e. The van der Waals surface area contributed by atoms with Crippen LogP contribution in [0.15, 0.2) is 45.8 Å². The van der Waals surface area contributed by atoms with Gasteiger partial charge < -0.3 is 14.2 Å². The van der Waals surface area contributed by atoms with Gasteiger partial charge in [-0.3, -0.25) is 19.3 Å². The lowest BCUT2D eigenvalue weighted by Gasteiger charge is -2.21. The fourth-order valence-electron chi connectivity index (χ4n) is 3.16. The summed E-state index contributed by atoms with van der Waals surface area (Å²) in [4.78, 5) is 38.2. The van der Waals surface area contributed by atoms with Gasteiger partial charge in [0, 0.05) is 5.56 Å². The second kappa shape index (κ2) is 11.0. The first-order valence-electron chi connectivity index (χ1n) is 10.5. The molecule has 35 heavy (non-hydrogen) atoms. The predicted molar refractivity (Wildman–Crippen MR) is 135 cm³/mol. The van der Waals surface area contributed by atoms with E-state index in [0.29, 0.717) is 27.1 Å². The smallest absolute Gasteiger partial charge is 0.326 e. The predicted octanol–water partition coefficient (Wildman–Crippen LogP) is 5.29. The summed E-state index contributed by atoms with van der Waals surface area (Å²) in [5.41, 5.74) is 1.10. The molecular weight excluding hydrogens is 536 g/mol. The topological polar surface area (TPSA) is 106 Å². The number of benzene rings is 2. The highest BCUT2D eigenvalue weighted by molar-refractivity contribution is 9.10. The molecule has 2 amide bonds. The third-order valence-electron chi connectivity index (χ3n) is 4.64. The van der Waals surface area contributed by atoms with Crippen molar-refractivity contribution < 1.29 is 28.6 Å². The summed E-state index contributed by atoms with van der Waals surface area (Å²) in [6, 6.07) is 12.6. The van der Waals surface area contributed by atoms with E-state index >= 15 is 0 Å². The van der Waals surface area contributed by atoms with Crippen LogP contribution in [0.4, 0.5) is 4.79 Å². The lowest BCUT2D eigenvalue weighted by Crippen LogP contribution is -2.37. The van der Waals surface area contributed by atoms with Crippen molar-refractivity contribution in [1.82, 2.24) is 4.90 Å². The van der Waals surface area contributed by atoms with Gasteiger partial charge in [-0.15, -0.1) is 0 Å². The van der Waals surface area contributed by atoms with Crippen molar-refractivity contribution >= 4 is 50.9 Å². The van der Waals surface area contributed by atoms with Gasteiger partial charge in [0.25, 0.3) is 11.1 Å². The second-order valence-electron chi connectivity index (χ2n) is 8.45. The van der Waals surface area contributed by atoms with Gasteiger partial charge in [-0.25, -0.2) is 0 Å². The molecule has 8 nitrogen and oxygen atoms in total. The Morgan fingerprint density at radius 1 is 1.23 bits per heavy atom. The van der Waals surface area contributed by atoms with Crippen LogP contribution >= 0.6 is 27.7 Å². The molecule has 0 unspecified atom stereocenters. The summed E-state index contributed by atoms with van der Waals surface area (Å²) in [6.07, 6.45) is 1.54. The van der Waals surface area contributed by atoms with Crippen LogP contribution in [0.5, 0.6) is 11.5 Å². The average molecular weight is 559 g/mol. The largest absolute Gasteiger partial charge is 0.493 e. The van der Waals surface area contributed by atoms with Crippen LogP contribution in [-0.4, -0.2) is 41.3 Å². The molecule has 0 aliphatic carbocycles. The first-order chi connectivity index (χ1) is 16.5. The molecule has 0 N–H and O–H groups in total. The third-order valence-corrected chi connectivity index (χ3v) is 6.14. The molecule has 0 radical (unpaired) electrons. The van der Waals surface area contributed by atoms with Crippen LogP contribution in [0.3, 0.4) is 0 Å². The Morgan fingerprint density at radius 2 is 1.94 bits per heavy atom. The normalized spacial score (nSPS) is 14.7. The number of amides is 2. The van der Waals surface area contributed by atoms with E-state index in [1.165, 1.54) is 7.11 Å². The van der Waals surface area contributed by atoms with Crippen molar-refractivity contribution in [2.45, 2.75) is 33.0 Å². The monoisotopic (exact) mass is 558 g/mol. The highest BCUT2D eigenvalue weighted by atomic mass is 79.9. The van der Waals surface area contributed by atoms with E-state index in [1.54, 1.807) is 57.2 Å². The number of ether oxygens (including phenoxy) is 3. The molecule has 1 aliphatic rings. The van der Waals surface area contributed by atoms with Gasteiger partial charge in [0.2, 0.25) is 0 Å². The van der Waals surface area contributed by atoms with Crippen LogP contribution in [-0.2, 0) is 20.9 Å². The lowest BCUT2D eigenvalue weighted by atomic mass is 10.1. The van der Waals surface area contributed by atoms with Gasteiger partial charge in [-0.05, 0) is 78.3 Å². The molecule has 2 aromatic carbocycles. The first kappa shape index (κ1) is 26.3. The molecule has 0 spiro atoms. The quantitative estimate of drug-likeness (QED) is 0.333. The minimum absolute atomic E-state index is 0.154. The van der Waals surface area contributed by atoms with Crippen LogP contribution in [0.25, 0.3) is 6.08 Å². The van der Waals surface area contributed by atoms with Gasteiger partial charge >= 0.3 is 5.97 Å². The number of imide groups is 1. The Labute approximate surface area is 216 Å². The molecule has 182 valence electrons. The molecule has 1 fully saturated rings. The molecule has 0 atom stereocenters. The number of halogens is 1. The molecular formula is C25H23BrN2O6S. The number of esters is 1. The van der Waals surface area contributed by atoms with Crippen molar-refractivity contribution in [1.29, 1.82) is 5.26 Å². The van der Waals surface area contributed by atoms with E-state index in [2.05, 4.69) is 22.0 Å². The maximum absolute atomic E-state index is 12.8. The zero-order valence-corrected chi connectivity index (χ0v) is 22.0. The van der Waals surface area contributed by atoms with Crippen LogP contribution in [0.2, 0.25) is 0 Å². The molecule has 10 heteroatoms. The number of carbonyl (C=O) groups excluding carboxylic acids is 3. The van der Waals surface area contributed by atoms with Crippen LogP contribution < -0.4 is 9.47 Å². The first-order valence-corrected chi connectivity index (χ1v) is 12.1. The maximum atomic E-state index is 12.8. The summed E-state index contributed by atoms with van der Waals surface area (Å²) in [5.74, 6) is -0.414. The highest BCUT2D eigenvalue weighted by Gasteiger charge is 2.37. The molecule has 1 aliphatic heterocycles. The summed E-state index contributed by atoms with van der Waals surface area (Å²) in [5, 5.41) is 8.72. The van der Waals surface area contributed by atoms with E-state index in [4.69, 9.17) is 14.2 Å². The molecule has 1 heterocycles. The van der Waals surface area contributed by atoms with Crippen molar-refractivity contribution in [3.05, 3.63) is 62.5 Å². The number of thioether (sulfide) groups is 1. The van der Waals surface area contributed by atoms with Crippen molar-refractivity contribution in [3.63, 3.8) is 0 Å². The number of hydrogen-bond donors (Lipinski definition) is 0. The molecule has 2 aromatic rings. The van der Waals surface area contributed by atoms with Crippen molar-refractivity contribution in [2.24, 2.45) is 0 Å². The highest BCUT2D eigenvalue weighted by Crippen LogP contribution is 2.39. The Bertz CT molecular complexity index is 1250. The van der Waals surface area contributed by atoms with E-state index in [-0.39, 0.29) is 11.5 Å². The Hall–Kier alpha value is -3.29. The molecule has 0 saturated carbocycles. The Morgan fingerprint density at radius 3 is 2.60 bits per heavy atom. The Kier molecular flexibility index (Phi) is 8.25. The van der Waals surface area contributed by atoms with Gasteiger partial charge in [-0.2, -0.15) is 5.26 Å². The van der Waals surface area contributed by atoms with Crippen LogP contribution in [0, 0.1) is 11.3 Å². The standard InChI is InChI=1S/C25H23BrN2O6S/c1-25(2,3)34-21(29)13-28-23(30)20(35-24(28)31)11-15-9-18(26)22(19(10-15)32-4)33-14-17-8-6-5-7-16(17)12-27/h5-11H,13-14H2,1-4H3. The van der Waals surface area contributed by atoms with Gasteiger partial charge in [0.1, 0.15) is 18.8 Å². The zero-order valence-electron chi connectivity index (χ0n) is 19.6.